The van der Waals surface area contributed by atoms with Crippen molar-refractivity contribution in [3.63, 3.8) is 0 Å². The summed E-state index contributed by atoms with van der Waals surface area (Å²) in [6.45, 7) is 2.10. The van der Waals surface area contributed by atoms with Crippen molar-refractivity contribution in [3.05, 3.63) is 64.1 Å². The van der Waals surface area contributed by atoms with Gasteiger partial charge in [-0.1, -0.05) is 53.5 Å². The van der Waals surface area contributed by atoms with Crippen LogP contribution < -0.4 is 5.32 Å². The summed E-state index contributed by atoms with van der Waals surface area (Å²) in [6, 6.07) is 14.7. The van der Waals surface area contributed by atoms with Gasteiger partial charge in [0.1, 0.15) is 5.60 Å². The van der Waals surface area contributed by atoms with Gasteiger partial charge in [-0.25, -0.2) is 0 Å². The second kappa shape index (κ2) is 5.83. The van der Waals surface area contributed by atoms with Crippen molar-refractivity contribution in [2.75, 3.05) is 11.9 Å². The van der Waals surface area contributed by atoms with E-state index in [0.717, 1.165) is 5.56 Å². The van der Waals surface area contributed by atoms with E-state index in [2.05, 4.69) is 5.32 Å². The molecule has 0 amide bonds. The zero-order chi connectivity index (χ0) is 13.9. The highest BCUT2D eigenvalue weighted by Gasteiger charge is 2.22. The van der Waals surface area contributed by atoms with E-state index in [1.165, 1.54) is 0 Å². The minimum absolute atomic E-state index is 0.344. The molecule has 2 aromatic carbocycles. The summed E-state index contributed by atoms with van der Waals surface area (Å²) in [4.78, 5) is 0. The highest BCUT2D eigenvalue weighted by Crippen LogP contribution is 2.27. The van der Waals surface area contributed by atoms with E-state index in [-0.39, 0.29) is 0 Å². The lowest BCUT2D eigenvalue weighted by Crippen LogP contribution is -2.30. The van der Waals surface area contributed by atoms with Crippen molar-refractivity contribution >= 4 is 28.9 Å². The largest absolute Gasteiger partial charge is 0.384 e. The quantitative estimate of drug-likeness (QED) is 0.881. The molecular weight excluding hydrogens is 281 g/mol. The van der Waals surface area contributed by atoms with Crippen LogP contribution in [0.4, 0.5) is 5.69 Å². The molecule has 100 valence electrons. The molecule has 2 rings (SSSR count). The van der Waals surface area contributed by atoms with E-state index in [1.54, 1.807) is 25.1 Å². The van der Waals surface area contributed by atoms with E-state index in [0.29, 0.717) is 22.3 Å². The number of halogens is 2. The van der Waals surface area contributed by atoms with Crippen molar-refractivity contribution in [3.8, 4) is 0 Å². The Morgan fingerprint density at radius 1 is 1.11 bits per heavy atom. The van der Waals surface area contributed by atoms with Gasteiger partial charge in [0.25, 0.3) is 0 Å². The normalized spacial score (nSPS) is 13.9. The van der Waals surface area contributed by atoms with Gasteiger partial charge in [-0.05, 0) is 30.7 Å². The molecule has 0 aliphatic carbocycles. The average Bonchev–Trinajstić information content (AvgIpc) is 2.41. The molecule has 1 unspecified atom stereocenters. The van der Waals surface area contributed by atoms with Crippen LogP contribution in [0.25, 0.3) is 0 Å². The number of hydrogen-bond acceptors (Lipinski definition) is 2. The topological polar surface area (TPSA) is 32.3 Å². The maximum Gasteiger partial charge on any atom is 0.104 e. The van der Waals surface area contributed by atoms with Crippen LogP contribution >= 0.6 is 23.2 Å². The van der Waals surface area contributed by atoms with Crippen LogP contribution in [0, 0.1) is 0 Å². The van der Waals surface area contributed by atoms with Crippen molar-refractivity contribution < 1.29 is 5.11 Å². The van der Waals surface area contributed by atoms with E-state index >= 15 is 0 Å². The smallest absolute Gasteiger partial charge is 0.104 e. The minimum Gasteiger partial charge on any atom is -0.384 e. The van der Waals surface area contributed by atoms with Crippen molar-refractivity contribution in [1.82, 2.24) is 0 Å². The van der Waals surface area contributed by atoms with Gasteiger partial charge in [0.15, 0.2) is 0 Å². The van der Waals surface area contributed by atoms with Gasteiger partial charge < -0.3 is 10.4 Å². The number of rotatable bonds is 4. The second-order valence-electron chi connectivity index (χ2n) is 4.62. The Morgan fingerprint density at radius 2 is 1.79 bits per heavy atom. The first-order valence-electron chi connectivity index (χ1n) is 5.96. The van der Waals surface area contributed by atoms with Gasteiger partial charge in [-0.2, -0.15) is 0 Å². The van der Waals surface area contributed by atoms with Gasteiger partial charge in [0.2, 0.25) is 0 Å². The summed E-state index contributed by atoms with van der Waals surface area (Å²) >= 11 is 12.0. The number of aliphatic hydroxyl groups is 1. The Kier molecular flexibility index (Phi) is 4.35. The predicted octanol–water partition coefficient (Wildman–Crippen LogP) is 4.31. The molecule has 0 radical (unpaired) electrons. The first-order chi connectivity index (χ1) is 8.99. The van der Waals surface area contributed by atoms with Crippen molar-refractivity contribution in [1.29, 1.82) is 0 Å². The zero-order valence-electron chi connectivity index (χ0n) is 10.5. The molecule has 0 fully saturated rings. The molecule has 0 aliphatic rings. The minimum atomic E-state index is -0.979. The fourth-order valence-corrected chi connectivity index (χ4v) is 2.16. The van der Waals surface area contributed by atoms with Crippen LogP contribution in [-0.4, -0.2) is 11.7 Å². The van der Waals surface area contributed by atoms with Gasteiger partial charge in [0.05, 0.1) is 10.7 Å². The van der Waals surface area contributed by atoms with Crippen LogP contribution in [-0.2, 0) is 5.60 Å². The Balaban J connectivity index is 2.12. The fourth-order valence-electron chi connectivity index (χ4n) is 1.80. The van der Waals surface area contributed by atoms with Crippen molar-refractivity contribution in [2.24, 2.45) is 0 Å². The third kappa shape index (κ3) is 3.63. The van der Waals surface area contributed by atoms with Gasteiger partial charge in [-0.15, -0.1) is 0 Å². The summed E-state index contributed by atoms with van der Waals surface area (Å²) in [5.74, 6) is 0. The molecule has 2 N–H and O–H groups in total. The number of anilines is 1. The van der Waals surface area contributed by atoms with E-state index in [1.807, 2.05) is 30.3 Å². The lowest BCUT2D eigenvalue weighted by molar-refractivity contribution is 0.0715. The molecule has 0 aromatic heterocycles. The van der Waals surface area contributed by atoms with E-state index < -0.39 is 5.60 Å². The second-order valence-corrected chi connectivity index (χ2v) is 5.46. The van der Waals surface area contributed by atoms with Gasteiger partial charge >= 0.3 is 0 Å². The van der Waals surface area contributed by atoms with Crippen molar-refractivity contribution in [2.45, 2.75) is 12.5 Å². The van der Waals surface area contributed by atoms with Crippen LogP contribution in [0.5, 0.6) is 0 Å². The lowest BCUT2D eigenvalue weighted by atomic mass is 9.96. The highest BCUT2D eigenvalue weighted by molar-refractivity contribution is 6.35. The first kappa shape index (κ1) is 14.2. The Bertz CT molecular complexity index is 555. The molecule has 2 aromatic rings. The van der Waals surface area contributed by atoms with Crippen LogP contribution in [0.2, 0.25) is 10.0 Å². The van der Waals surface area contributed by atoms with Crippen LogP contribution in [0.15, 0.2) is 48.5 Å². The Morgan fingerprint density at radius 3 is 2.47 bits per heavy atom. The predicted molar refractivity (Wildman–Crippen MR) is 81.0 cm³/mol. The summed E-state index contributed by atoms with van der Waals surface area (Å²) in [5, 5.41) is 14.8. The summed E-state index contributed by atoms with van der Waals surface area (Å²) < 4.78 is 0. The lowest BCUT2D eigenvalue weighted by Gasteiger charge is -2.25. The maximum absolute atomic E-state index is 10.5. The molecule has 0 bridgehead atoms. The summed E-state index contributed by atoms with van der Waals surface area (Å²) in [5.41, 5.74) is 0.582. The maximum atomic E-state index is 10.5. The fraction of sp³-hybridized carbons (Fsp3) is 0.200. The summed E-state index contributed by atoms with van der Waals surface area (Å²) in [7, 11) is 0. The number of benzene rings is 2. The third-order valence-electron chi connectivity index (χ3n) is 2.95. The molecule has 2 nitrogen and oxygen atoms in total. The molecule has 0 saturated heterocycles. The number of nitrogens with one attached hydrogen (secondary N) is 1. The molecule has 1 atom stereocenters. The monoisotopic (exact) mass is 295 g/mol. The van der Waals surface area contributed by atoms with Gasteiger partial charge in [-0.3, -0.25) is 0 Å². The zero-order valence-corrected chi connectivity index (χ0v) is 12.0. The molecule has 4 heteroatoms. The van der Waals surface area contributed by atoms with E-state index in [9.17, 15) is 5.11 Å². The summed E-state index contributed by atoms with van der Waals surface area (Å²) in [6.07, 6.45) is 0. The Hall–Kier alpha value is -1.22. The molecule has 0 heterocycles. The van der Waals surface area contributed by atoms with Crippen LogP contribution in [0.1, 0.15) is 12.5 Å². The van der Waals surface area contributed by atoms with E-state index in [4.69, 9.17) is 23.2 Å². The standard InChI is InChI=1S/C15H15Cl2NO/c1-15(19,11-5-3-2-4-6-11)10-18-14-9-12(16)7-8-13(14)17/h2-9,18-19H,10H2,1H3. The van der Waals surface area contributed by atoms with Crippen LogP contribution in [0.3, 0.4) is 0 Å². The molecule has 0 saturated carbocycles. The number of hydrogen-bond donors (Lipinski definition) is 2. The third-order valence-corrected chi connectivity index (χ3v) is 3.51. The molecule has 19 heavy (non-hydrogen) atoms. The highest BCUT2D eigenvalue weighted by atomic mass is 35.5. The molecule has 0 spiro atoms. The van der Waals surface area contributed by atoms with Gasteiger partial charge in [0, 0.05) is 11.6 Å². The Labute approximate surface area is 123 Å². The average molecular weight is 296 g/mol. The SMILES string of the molecule is CC(O)(CNc1cc(Cl)ccc1Cl)c1ccccc1. The molecular formula is C15H15Cl2NO. The first-order valence-corrected chi connectivity index (χ1v) is 6.71. The molecule has 0 aliphatic heterocycles.